The van der Waals surface area contributed by atoms with Gasteiger partial charge in [0.25, 0.3) is 0 Å². The van der Waals surface area contributed by atoms with Crippen molar-refractivity contribution in [2.45, 2.75) is 17.4 Å². The van der Waals surface area contributed by atoms with Gasteiger partial charge in [-0.3, -0.25) is 5.32 Å². The summed E-state index contributed by atoms with van der Waals surface area (Å²) in [6.07, 6.45) is 3.06. The molecule has 0 radical (unpaired) electrons. The van der Waals surface area contributed by atoms with Gasteiger partial charge in [0.2, 0.25) is 0 Å². The Balaban J connectivity index is 2.16. The van der Waals surface area contributed by atoms with Crippen molar-refractivity contribution in [1.29, 1.82) is 0 Å². The number of thioether (sulfide) groups is 1. The van der Waals surface area contributed by atoms with Crippen LogP contribution in [0.25, 0.3) is 0 Å². The summed E-state index contributed by atoms with van der Waals surface area (Å²) in [7, 11) is 0. The van der Waals surface area contributed by atoms with Crippen molar-refractivity contribution in [3.63, 3.8) is 0 Å². The van der Waals surface area contributed by atoms with Gasteiger partial charge in [-0.2, -0.15) is 0 Å². The molecule has 8 heteroatoms. The number of carbonyl (C=O) groups is 2. The highest BCUT2D eigenvalue weighted by molar-refractivity contribution is 7.98. The standard InChI is InChI=1S/C21H23NO6S/c1-29-16-11-9-15(10-12-16)22-21(26)28-19(7-4-8-20(24)25)17-5-2-3-6-18(17)27-14-13-23/h2-6,8-12,19,23H,7,13-14H2,1H3,(H,22,26)(H,24,25)/b8-4+/t19-/m0/s1. The molecule has 0 unspecified atom stereocenters. The molecule has 154 valence electrons. The molecule has 2 aromatic carbocycles. The second kappa shape index (κ2) is 11.8. The minimum Gasteiger partial charge on any atom is -0.491 e. The van der Waals surface area contributed by atoms with Crippen LogP contribution in [-0.4, -0.2) is 41.7 Å². The van der Waals surface area contributed by atoms with E-state index in [9.17, 15) is 9.59 Å². The predicted molar refractivity (Wildman–Crippen MR) is 111 cm³/mol. The first-order valence-corrected chi connectivity index (χ1v) is 10.1. The Kier molecular flexibility index (Phi) is 9.07. The minimum atomic E-state index is -1.09. The van der Waals surface area contributed by atoms with Crippen molar-refractivity contribution in [2.24, 2.45) is 0 Å². The fourth-order valence-corrected chi connectivity index (χ4v) is 2.92. The number of aliphatic hydroxyl groups is 1. The van der Waals surface area contributed by atoms with Crippen LogP contribution in [-0.2, 0) is 9.53 Å². The zero-order chi connectivity index (χ0) is 21.1. The lowest BCUT2D eigenvalue weighted by molar-refractivity contribution is -0.131. The molecule has 0 heterocycles. The smallest absolute Gasteiger partial charge is 0.412 e. The van der Waals surface area contributed by atoms with E-state index >= 15 is 0 Å². The Morgan fingerprint density at radius 2 is 1.90 bits per heavy atom. The number of aliphatic carboxylic acids is 1. The summed E-state index contributed by atoms with van der Waals surface area (Å²) in [6, 6.07) is 14.2. The molecule has 0 fully saturated rings. The van der Waals surface area contributed by atoms with Crippen LogP contribution in [0.5, 0.6) is 5.75 Å². The van der Waals surface area contributed by atoms with Crippen molar-refractivity contribution in [1.82, 2.24) is 0 Å². The first-order valence-electron chi connectivity index (χ1n) is 8.87. The maximum Gasteiger partial charge on any atom is 0.412 e. The summed E-state index contributed by atoms with van der Waals surface area (Å²) in [4.78, 5) is 24.3. The predicted octanol–water partition coefficient (Wildman–Crippen LogP) is 4.10. The molecule has 7 nitrogen and oxygen atoms in total. The average molecular weight is 417 g/mol. The zero-order valence-electron chi connectivity index (χ0n) is 15.9. The molecule has 0 aliphatic rings. The van der Waals surface area contributed by atoms with Crippen LogP contribution in [0.3, 0.4) is 0 Å². The molecular formula is C21H23NO6S. The van der Waals surface area contributed by atoms with Crippen molar-refractivity contribution in [3.05, 3.63) is 66.2 Å². The lowest BCUT2D eigenvalue weighted by Gasteiger charge is -2.20. The van der Waals surface area contributed by atoms with Gasteiger partial charge in [0.05, 0.1) is 6.61 Å². The Morgan fingerprint density at radius 1 is 1.17 bits per heavy atom. The lowest BCUT2D eigenvalue weighted by atomic mass is 10.0. The van der Waals surface area contributed by atoms with Gasteiger partial charge in [-0.15, -0.1) is 11.8 Å². The molecule has 1 amide bonds. The second-order valence-corrected chi connectivity index (χ2v) is 6.71. The zero-order valence-corrected chi connectivity index (χ0v) is 16.7. The molecule has 2 aromatic rings. The van der Waals surface area contributed by atoms with E-state index in [0.717, 1.165) is 11.0 Å². The number of carboxylic acids is 1. The van der Waals surface area contributed by atoms with Gasteiger partial charge < -0.3 is 19.7 Å². The Labute approximate surface area is 173 Å². The molecule has 29 heavy (non-hydrogen) atoms. The summed E-state index contributed by atoms with van der Waals surface area (Å²) >= 11 is 1.59. The molecular weight excluding hydrogens is 394 g/mol. The Bertz CT molecular complexity index is 837. The first kappa shape index (κ1) is 22.3. The van der Waals surface area contributed by atoms with Crippen LogP contribution in [0.2, 0.25) is 0 Å². The number of carbonyl (C=O) groups excluding carboxylic acids is 1. The maximum absolute atomic E-state index is 12.4. The van der Waals surface area contributed by atoms with Gasteiger partial charge in [0.15, 0.2) is 0 Å². The van der Waals surface area contributed by atoms with Gasteiger partial charge in [0.1, 0.15) is 18.5 Å². The fraction of sp³-hybridized carbons (Fsp3) is 0.238. The monoisotopic (exact) mass is 417 g/mol. The molecule has 2 rings (SSSR count). The highest BCUT2D eigenvalue weighted by atomic mass is 32.2. The second-order valence-electron chi connectivity index (χ2n) is 5.83. The Hall–Kier alpha value is -2.97. The van der Waals surface area contributed by atoms with Crippen molar-refractivity contribution < 1.29 is 29.3 Å². The normalized spacial score (nSPS) is 11.8. The number of ether oxygens (including phenoxy) is 2. The van der Waals surface area contributed by atoms with E-state index in [2.05, 4.69) is 5.32 Å². The first-order chi connectivity index (χ1) is 14.0. The number of aliphatic hydroxyl groups excluding tert-OH is 1. The number of carboxylic acid groups (broad SMARTS) is 1. The average Bonchev–Trinajstić information content (AvgIpc) is 2.72. The van der Waals surface area contributed by atoms with E-state index in [1.54, 1.807) is 48.2 Å². The molecule has 1 atom stereocenters. The largest absolute Gasteiger partial charge is 0.491 e. The van der Waals surface area contributed by atoms with Crippen LogP contribution in [0, 0.1) is 0 Å². The molecule has 0 spiro atoms. The van der Waals surface area contributed by atoms with Crippen LogP contribution < -0.4 is 10.1 Å². The van der Waals surface area contributed by atoms with E-state index in [0.29, 0.717) is 17.0 Å². The van der Waals surface area contributed by atoms with E-state index in [-0.39, 0.29) is 19.6 Å². The quantitative estimate of drug-likeness (QED) is 0.395. The van der Waals surface area contributed by atoms with Gasteiger partial charge in [-0.25, -0.2) is 9.59 Å². The number of hydrogen-bond donors (Lipinski definition) is 3. The topological polar surface area (TPSA) is 105 Å². The van der Waals surface area contributed by atoms with E-state index in [1.807, 2.05) is 18.4 Å². The molecule has 0 bridgehead atoms. The van der Waals surface area contributed by atoms with Crippen molar-refractivity contribution in [3.8, 4) is 5.75 Å². The molecule has 3 N–H and O–H groups in total. The van der Waals surface area contributed by atoms with Gasteiger partial charge >= 0.3 is 12.1 Å². The van der Waals surface area contributed by atoms with Crippen LogP contribution in [0.15, 0.2) is 65.6 Å². The van der Waals surface area contributed by atoms with Crippen molar-refractivity contribution >= 4 is 29.5 Å². The highest BCUT2D eigenvalue weighted by Gasteiger charge is 2.20. The van der Waals surface area contributed by atoms with Crippen LogP contribution in [0.1, 0.15) is 18.1 Å². The highest BCUT2D eigenvalue weighted by Crippen LogP contribution is 2.31. The van der Waals surface area contributed by atoms with Crippen molar-refractivity contribution in [2.75, 3.05) is 24.8 Å². The van der Waals surface area contributed by atoms with Crippen LogP contribution >= 0.6 is 11.8 Å². The molecule has 0 saturated heterocycles. The number of hydrogen-bond acceptors (Lipinski definition) is 6. The molecule has 0 aromatic heterocycles. The molecule has 0 aliphatic heterocycles. The third-order valence-corrected chi connectivity index (χ3v) is 4.55. The summed E-state index contributed by atoms with van der Waals surface area (Å²) in [6.45, 7) is -0.0754. The third-order valence-electron chi connectivity index (χ3n) is 3.81. The third kappa shape index (κ3) is 7.52. The minimum absolute atomic E-state index is 0.0860. The summed E-state index contributed by atoms with van der Waals surface area (Å²) in [5.74, 6) is -0.640. The summed E-state index contributed by atoms with van der Waals surface area (Å²) in [5, 5.41) is 20.5. The summed E-state index contributed by atoms with van der Waals surface area (Å²) < 4.78 is 11.1. The number of amides is 1. The lowest BCUT2D eigenvalue weighted by Crippen LogP contribution is -2.18. The molecule has 0 aliphatic carbocycles. The number of nitrogens with one attached hydrogen (secondary N) is 1. The maximum atomic E-state index is 12.4. The van der Waals surface area contributed by atoms with E-state index < -0.39 is 18.2 Å². The Morgan fingerprint density at radius 3 is 2.55 bits per heavy atom. The summed E-state index contributed by atoms with van der Waals surface area (Å²) in [5.41, 5.74) is 1.15. The number of para-hydroxylation sites is 1. The van der Waals surface area contributed by atoms with Gasteiger partial charge in [-0.1, -0.05) is 24.3 Å². The van der Waals surface area contributed by atoms with Gasteiger partial charge in [-0.05, 0) is 36.6 Å². The van der Waals surface area contributed by atoms with Crippen LogP contribution in [0.4, 0.5) is 10.5 Å². The van der Waals surface area contributed by atoms with E-state index in [4.69, 9.17) is 19.7 Å². The number of anilines is 1. The van der Waals surface area contributed by atoms with E-state index in [1.165, 1.54) is 6.08 Å². The number of benzene rings is 2. The van der Waals surface area contributed by atoms with Gasteiger partial charge in [0, 0.05) is 28.6 Å². The fourth-order valence-electron chi connectivity index (χ4n) is 2.52. The molecule has 0 saturated carbocycles. The SMILES string of the molecule is CSc1ccc(NC(=O)O[C@@H](C/C=C/C(=O)O)c2ccccc2OCCO)cc1. The number of rotatable bonds is 10.